The molecule has 0 aliphatic rings. The topological polar surface area (TPSA) is 61.0 Å². The van der Waals surface area contributed by atoms with Gasteiger partial charge in [-0.3, -0.25) is 0 Å². The zero-order chi connectivity index (χ0) is 23.0. The van der Waals surface area contributed by atoms with Crippen molar-refractivity contribution >= 4 is 58.3 Å². The Kier molecular flexibility index (Phi) is 12.7. The molecule has 6 nitrogen and oxygen atoms in total. The fourth-order valence-electron chi connectivity index (χ4n) is 3.17. The van der Waals surface area contributed by atoms with Gasteiger partial charge in [0, 0.05) is 6.04 Å². The SMILES string of the molecule is [B]NCCC[Si](C)(O[Si](C)(C)C)O[Si](CCCN[B])(O[Si](C)(C)C)O[Si](C)(C)C. The van der Waals surface area contributed by atoms with E-state index in [0.29, 0.717) is 6.54 Å². The van der Waals surface area contributed by atoms with Crippen molar-refractivity contribution in [1.82, 2.24) is 10.5 Å². The van der Waals surface area contributed by atoms with E-state index >= 15 is 0 Å². The summed E-state index contributed by atoms with van der Waals surface area (Å²) >= 11 is 0. The zero-order valence-electron chi connectivity index (χ0n) is 20.5. The smallest absolute Gasteiger partial charge is 0.437 e. The van der Waals surface area contributed by atoms with Crippen LogP contribution in [0.15, 0.2) is 0 Å². The van der Waals surface area contributed by atoms with Crippen molar-refractivity contribution in [3.05, 3.63) is 0 Å². The highest BCUT2D eigenvalue weighted by atomic mass is 28.5. The van der Waals surface area contributed by atoms with Crippen LogP contribution in [0.5, 0.6) is 0 Å². The van der Waals surface area contributed by atoms with Crippen molar-refractivity contribution in [2.75, 3.05) is 13.1 Å². The van der Waals surface area contributed by atoms with Crippen LogP contribution in [0.2, 0.25) is 77.6 Å². The molecule has 0 fully saturated rings. The van der Waals surface area contributed by atoms with E-state index in [0.717, 1.165) is 31.5 Å². The predicted molar refractivity (Wildman–Crippen MR) is 138 cm³/mol. The van der Waals surface area contributed by atoms with Crippen LogP contribution >= 0.6 is 0 Å². The molecule has 0 aromatic heterocycles. The van der Waals surface area contributed by atoms with E-state index in [4.69, 9.17) is 32.4 Å². The van der Waals surface area contributed by atoms with Crippen molar-refractivity contribution in [3.8, 4) is 0 Å². The first kappa shape index (κ1) is 30.0. The molecule has 0 saturated heterocycles. The highest BCUT2D eigenvalue weighted by Gasteiger charge is 2.53. The second-order valence-electron chi connectivity index (χ2n) is 10.7. The molecule has 0 saturated carbocycles. The van der Waals surface area contributed by atoms with Gasteiger partial charge in [-0.25, -0.2) is 0 Å². The van der Waals surface area contributed by atoms with Crippen molar-refractivity contribution in [2.45, 2.75) is 90.4 Å². The van der Waals surface area contributed by atoms with E-state index in [1.54, 1.807) is 0 Å². The van der Waals surface area contributed by atoms with Crippen LogP contribution < -0.4 is 10.5 Å². The molecule has 0 aliphatic carbocycles. The summed E-state index contributed by atoms with van der Waals surface area (Å²) in [5.41, 5.74) is 0. The Hall–Kier alpha value is 0.974. The minimum absolute atomic E-state index is 0.701. The standard InChI is InChI=1S/C16H44B2N2O4Si5/c1-25(2,3)21-28(10,15-11-13-19-17)24-29(16-12-14-20-18,22-26(4,5)6)23-27(7,8)9/h19-20H,11-16H2,1-10H3. The lowest BCUT2D eigenvalue weighted by Gasteiger charge is -2.45. The maximum absolute atomic E-state index is 7.03. The van der Waals surface area contributed by atoms with Gasteiger partial charge in [0.2, 0.25) is 0 Å². The average molecular weight is 491 g/mol. The summed E-state index contributed by atoms with van der Waals surface area (Å²) in [5.74, 6) is 0. The van der Waals surface area contributed by atoms with E-state index < -0.39 is 42.3 Å². The fourth-order valence-corrected chi connectivity index (χ4v) is 24.1. The summed E-state index contributed by atoms with van der Waals surface area (Å²) < 4.78 is 27.3. The Balaban J connectivity index is 6.01. The molecule has 4 radical (unpaired) electrons. The highest BCUT2D eigenvalue weighted by molar-refractivity contribution is 6.91. The van der Waals surface area contributed by atoms with E-state index in [1.807, 2.05) is 0 Å². The van der Waals surface area contributed by atoms with Gasteiger partial charge in [0.15, 0.2) is 40.9 Å². The minimum atomic E-state index is -2.96. The molecule has 0 heterocycles. The van der Waals surface area contributed by atoms with Crippen molar-refractivity contribution in [1.29, 1.82) is 0 Å². The number of nitrogens with one attached hydrogen (secondary N) is 2. The van der Waals surface area contributed by atoms with Gasteiger partial charge in [0.1, 0.15) is 0 Å². The number of hydrogen-bond acceptors (Lipinski definition) is 6. The maximum atomic E-state index is 7.03. The van der Waals surface area contributed by atoms with Gasteiger partial charge in [-0.2, -0.15) is 0 Å². The average Bonchev–Trinajstić information content (AvgIpc) is 2.41. The summed E-state index contributed by atoms with van der Waals surface area (Å²) in [6.45, 7) is 23.4. The van der Waals surface area contributed by atoms with Crippen LogP contribution in [0.25, 0.3) is 0 Å². The second kappa shape index (κ2) is 12.3. The molecular weight excluding hydrogens is 446 g/mol. The van der Waals surface area contributed by atoms with Crippen LogP contribution in [0.1, 0.15) is 12.8 Å². The molecule has 0 aromatic rings. The van der Waals surface area contributed by atoms with Crippen molar-refractivity contribution in [2.24, 2.45) is 0 Å². The van der Waals surface area contributed by atoms with Crippen molar-refractivity contribution in [3.63, 3.8) is 0 Å². The molecule has 0 aromatic carbocycles. The number of hydrogen-bond donors (Lipinski definition) is 2. The van der Waals surface area contributed by atoms with Gasteiger partial charge in [0.05, 0.1) is 0 Å². The molecule has 29 heavy (non-hydrogen) atoms. The first-order valence-corrected chi connectivity index (χ1v) is 25.3. The first-order chi connectivity index (χ1) is 12.9. The van der Waals surface area contributed by atoms with Crippen LogP contribution in [-0.2, 0) is 16.5 Å². The maximum Gasteiger partial charge on any atom is 0.471 e. The number of rotatable bonds is 16. The third-order valence-corrected chi connectivity index (χ3v) is 20.3. The summed E-state index contributed by atoms with van der Waals surface area (Å²) in [6, 6.07) is 1.61. The summed E-state index contributed by atoms with van der Waals surface area (Å²) in [6.07, 6.45) is 1.75. The normalized spacial score (nSPS) is 16.1. The zero-order valence-corrected chi connectivity index (χ0v) is 25.5. The molecule has 1 unspecified atom stereocenters. The van der Waals surface area contributed by atoms with Crippen LogP contribution in [-0.4, -0.2) is 71.4 Å². The molecule has 1 atom stereocenters. The molecule has 0 aliphatic heterocycles. The molecule has 13 heteroatoms. The molecule has 0 rings (SSSR count). The second-order valence-corrected chi connectivity index (χ2v) is 31.3. The predicted octanol–water partition coefficient (Wildman–Crippen LogP) is 3.69. The third-order valence-electron chi connectivity index (χ3n) is 3.57. The summed E-state index contributed by atoms with van der Waals surface area (Å²) in [4.78, 5) is 0. The molecule has 168 valence electrons. The Labute approximate surface area is 188 Å². The highest BCUT2D eigenvalue weighted by Crippen LogP contribution is 2.33. The Morgan fingerprint density at radius 2 is 0.931 bits per heavy atom. The molecule has 2 N–H and O–H groups in total. The van der Waals surface area contributed by atoms with E-state index in [1.165, 1.54) is 0 Å². The van der Waals surface area contributed by atoms with Gasteiger partial charge in [-0.15, -0.1) is 0 Å². The lowest BCUT2D eigenvalue weighted by molar-refractivity contribution is 0.222. The Bertz CT molecular complexity index is 460. The summed E-state index contributed by atoms with van der Waals surface area (Å²) in [7, 11) is -0.135. The largest absolute Gasteiger partial charge is 0.471 e. The van der Waals surface area contributed by atoms with Gasteiger partial charge >= 0.3 is 17.4 Å². The fraction of sp³-hybridized carbons (Fsp3) is 1.00. The molecular formula is C16H44B2N2O4Si5. The van der Waals surface area contributed by atoms with Crippen molar-refractivity contribution < 1.29 is 16.5 Å². The quantitative estimate of drug-likeness (QED) is 0.254. The van der Waals surface area contributed by atoms with Crippen LogP contribution in [0.3, 0.4) is 0 Å². The van der Waals surface area contributed by atoms with Crippen LogP contribution in [0, 0.1) is 0 Å². The van der Waals surface area contributed by atoms with E-state index in [-0.39, 0.29) is 0 Å². The Morgan fingerprint density at radius 3 is 1.28 bits per heavy atom. The van der Waals surface area contributed by atoms with Gasteiger partial charge in [0.25, 0.3) is 0 Å². The monoisotopic (exact) mass is 490 g/mol. The molecule has 0 spiro atoms. The lowest BCUT2D eigenvalue weighted by Crippen LogP contribution is -2.63. The van der Waals surface area contributed by atoms with Gasteiger partial charge in [-0.1, -0.05) is 0 Å². The van der Waals surface area contributed by atoms with Gasteiger partial charge in [-0.05, 0) is 97.4 Å². The summed E-state index contributed by atoms with van der Waals surface area (Å²) in [5, 5.41) is 5.50. The van der Waals surface area contributed by atoms with E-state index in [9.17, 15) is 0 Å². The first-order valence-electron chi connectivity index (χ1n) is 10.6. The lowest BCUT2D eigenvalue weighted by atomic mass is 10.4. The van der Waals surface area contributed by atoms with E-state index in [2.05, 4.69) is 75.9 Å². The van der Waals surface area contributed by atoms with Crippen LogP contribution in [0.4, 0.5) is 0 Å². The van der Waals surface area contributed by atoms with Gasteiger partial charge < -0.3 is 26.9 Å². The third kappa shape index (κ3) is 15.4. The molecule has 0 bridgehead atoms. The molecule has 0 amide bonds. The minimum Gasteiger partial charge on any atom is -0.437 e. The Morgan fingerprint density at radius 1 is 0.552 bits per heavy atom.